The minimum absolute atomic E-state index is 0.165. The predicted molar refractivity (Wildman–Crippen MR) is 118 cm³/mol. The third-order valence-corrected chi connectivity index (χ3v) is 5.41. The van der Waals surface area contributed by atoms with E-state index in [0.717, 1.165) is 47.3 Å². The molecule has 4 aromatic rings. The zero-order valence-electron chi connectivity index (χ0n) is 17.7. The van der Waals surface area contributed by atoms with E-state index in [2.05, 4.69) is 15.4 Å². The van der Waals surface area contributed by atoms with Crippen molar-refractivity contribution in [2.24, 2.45) is 0 Å². The number of hydrogen-bond donors (Lipinski definition) is 1. The van der Waals surface area contributed by atoms with Crippen molar-refractivity contribution in [1.29, 1.82) is 0 Å². The molecule has 1 N–H and O–H groups in total. The van der Waals surface area contributed by atoms with Crippen molar-refractivity contribution in [3.63, 3.8) is 0 Å². The fraction of sp³-hybridized carbons (Fsp3) is 0.348. The molecule has 1 fully saturated rings. The molecule has 0 aliphatic carbocycles. The van der Waals surface area contributed by atoms with Gasteiger partial charge in [-0.2, -0.15) is 4.52 Å². The van der Waals surface area contributed by atoms with Crippen LogP contribution in [0.3, 0.4) is 0 Å². The molecular weight excluding hydrogens is 394 g/mol. The van der Waals surface area contributed by atoms with Gasteiger partial charge < -0.3 is 19.5 Å². The number of fused-ring (bicyclic) bond motifs is 3. The predicted octanol–water partition coefficient (Wildman–Crippen LogP) is 3.76. The lowest BCUT2D eigenvalue weighted by Crippen LogP contribution is -2.16. The Morgan fingerprint density at radius 3 is 2.90 bits per heavy atom. The van der Waals surface area contributed by atoms with Crippen LogP contribution in [0.4, 0.5) is 5.95 Å². The zero-order chi connectivity index (χ0) is 21.2. The maximum atomic E-state index is 5.93. The van der Waals surface area contributed by atoms with E-state index in [0.29, 0.717) is 30.7 Å². The molecule has 0 saturated carbocycles. The molecular formula is C23H25N5O3. The van der Waals surface area contributed by atoms with Crippen LogP contribution in [0.15, 0.2) is 42.5 Å². The molecule has 8 nitrogen and oxygen atoms in total. The number of aryl methyl sites for hydroxylation is 1. The first kappa shape index (κ1) is 19.6. The van der Waals surface area contributed by atoms with E-state index in [1.165, 1.54) is 0 Å². The molecule has 31 heavy (non-hydrogen) atoms. The molecule has 160 valence electrons. The van der Waals surface area contributed by atoms with Gasteiger partial charge >= 0.3 is 0 Å². The van der Waals surface area contributed by atoms with E-state index in [1.807, 2.05) is 49.4 Å². The molecule has 3 heterocycles. The molecule has 2 aromatic carbocycles. The van der Waals surface area contributed by atoms with Gasteiger partial charge in [0, 0.05) is 18.5 Å². The summed E-state index contributed by atoms with van der Waals surface area (Å²) < 4.78 is 18.9. The van der Waals surface area contributed by atoms with Crippen molar-refractivity contribution in [3.05, 3.63) is 53.9 Å². The molecule has 0 radical (unpaired) electrons. The molecule has 2 aromatic heterocycles. The molecule has 0 bridgehead atoms. The number of ether oxygens (including phenoxy) is 3. The Kier molecular flexibility index (Phi) is 5.30. The number of nitrogens with zero attached hydrogens (tertiary/aromatic N) is 4. The molecule has 5 rings (SSSR count). The molecule has 0 spiro atoms. The number of aromatic nitrogens is 4. The average Bonchev–Trinajstić information content (AvgIpc) is 3.45. The maximum Gasteiger partial charge on any atom is 0.226 e. The normalized spacial score (nSPS) is 16.1. The molecule has 1 aliphatic rings. The Morgan fingerprint density at radius 1 is 1.16 bits per heavy atom. The van der Waals surface area contributed by atoms with Crippen LogP contribution in [-0.4, -0.2) is 46.0 Å². The van der Waals surface area contributed by atoms with Crippen molar-refractivity contribution in [1.82, 2.24) is 19.6 Å². The number of hydrogen-bond acceptors (Lipinski definition) is 7. The number of benzene rings is 2. The molecule has 0 amide bonds. The SMILES string of the molecule is COc1cc(CNc2nc3ccccc3c3nc(C)nn23)ccc1OCC1CCCO1. The molecule has 1 aliphatic heterocycles. The van der Waals surface area contributed by atoms with E-state index in [-0.39, 0.29) is 6.10 Å². The van der Waals surface area contributed by atoms with Gasteiger partial charge in [-0.1, -0.05) is 18.2 Å². The number of anilines is 1. The van der Waals surface area contributed by atoms with Crippen molar-refractivity contribution in [2.75, 3.05) is 25.6 Å². The van der Waals surface area contributed by atoms with Crippen LogP contribution in [0.25, 0.3) is 16.6 Å². The van der Waals surface area contributed by atoms with E-state index in [9.17, 15) is 0 Å². The fourth-order valence-corrected chi connectivity index (χ4v) is 3.85. The van der Waals surface area contributed by atoms with Crippen molar-refractivity contribution < 1.29 is 14.2 Å². The van der Waals surface area contributed by atoms with Gasteiger partial charge in [0.1, 0.15) is 12.4 Å². The van der Waals surface area contributed by atoms with Crippen LogP contribution >= 0.6 is 0 Å². The van der Waals surface area contributed by atoms with E-state index in [4.69, 9.17) is 19.2 Å². The third kappa shape index (κ3) is 3.98. The Morgan fingerprint density at radius 2 is 2.06 bits per heavy atom. The van der Waals surface area contributed by atoms with Gasteiger partial charge in [-0.3, -0.25) is 0 Å². The Balaban J connectivity index is 1.36. The highest BCUT2D eigenvalue weighted by atomic mass is 16.5. The second-order valence-electron chi connectivity index (χ2n) is 7.63. The standard InChI is InChI=1S/C23H25N5O3/c1-15-25-22-18-7-3-4-8-19(18)26-23(28(22)27-15)24-13-16-9-10-20(21(12-16)29-2)31-14-17-6-5-11-30-17/h3-4,7-10,12,17H,5-6,11,13-14H2,1-2H3,(H,24,26). The Bertz CT molecular complexity index is 1220. The summed E-state index contributed by atoms with van der Waals surface area (Å²) in [4.78, 5) is 9.32. The number of para-hydroxylation sites is 1. The van der Waals surface area contributed by atoms with E-state index in [1.54, 1.807) is 11.6 Å². The number of nitrogens with one attached hydrogen (secondary N) is 1. The molecule has 1 atom stereocenters. The lowest BCUT2D eigenvalue weighted by molar-refractivity contribution is 0.0669. The Hall–Kier alpha value is -3.39. The summed E-state index contributed by atoms with van der Waals surface area (Å²) in [5.74, 6) is 2.77. The van der Waals surface area contributed by atoms with E-state index >= 15 is 0 Å². The number of methoxy groups -OCH3 is 1. The highest BCUT2D eigenvalue weighted by Gasteiger charge is 2.17. The maximum absolute atomic E-state index is 5.93. The van der Waals surface area contributed by atoms with Crippen LogP contribution in [0.5, 0.6) is 11.5 Å². The second-order valence-corrected chi connectivity index (χ2v) is 7.63. The first-order chi connectivity index (χ1) is 15.2. The summed E-state index contributed by atoms with van der Waals surface area (Å²) in [7, 11) is 1.65. The van der Waals surface area contributed by atoms with Crippen molar-refractivity contribution in [3.8, 4) is 11.5 Å². The van der Waals surface area contributed by atoms with Crippen LogP contribution in [0.1, 0.15) is 24.2 Å². The van der Waals surface area contributed by atoms with Gasteiger partial charge in [0.25, 0.3) is 0 Å². The smallest absolute Gasteiger partial charge is 0.226 e. The lowest BCUT2D eigenvalue weighted by Gasteiger charge is -2.15. The zero-order valence-corrected chi connectivity index (χ0v) is 17.7. The summed E-state index contributed by atoms with van der Waals surface area (Å²) >= 11 is 0. The number of rotatable bonds is 7. The average molecular weight is 419 g/mol. The minimum atomic E-state index is 0.165. The van der Waals surface area contributed by atoms with Crippen LogP contribution in [0, 0.1) is 6.92 Å². The van der Waals surface area contributed by atoms with Gasteiger partial charge in [0.05, 0.1) is 18.7 Å². The summed E-state index contributed by atoms with van der Waals surface area (Å²) in [5, 5.41) is 8.87. The monoisotopic (exact) mass is 419 g/mol. The minimum Gasteiger partial charge on any atom is -0.493 e. The molecule has 8 heteroatoms. The third-order valence-electron chi connectivity index (χ3n) is 5.41. The summed E-state index contributed by atoms with van der Waals surface area (Å²) in [6, 6.07) is 13.9. The second kappa shape index (κ2) is 8.39. The summed E-state index contributed by atoms with van der Waals surface area (Å²) in [5.41, 5.74) is 2.71. The van der Waals surface area contributed by atoms with Gasteiger partial charge in [-0.15, -0.1) is 5.10 Å². The Labute approximate surface area is 180 Å². The van der Waals surface area contributed by atoms with E-state index < -0.39 is 0 Å². The van der Waals surface area contributed by atoms with Crippen molar-refractivity contribution in [2.45, 2.75) is 32.4 Å². The molecule has 1 unspecified atom stereocenters. The lowest BCUT2D eigenvalue weighted by atomic mass is 10.2. The molecule has 1 saturated heterocycles. The van der Waals surface area contributed by atoms with Crippen LogP contribution in [0.2, 0.25) is 0 Å². The highest BCUT2D eigenvalue weighted by Crippen LogP contribution is 2.29. The quantitative estimate of drug-likeness (QED) is 0.488. The van der Waals surface area contributed by atoms with Gasteiger partial charge in [0.2, 0.25) is 5.95 Å². The topological polar surface area (TPSA) is 82.8 Å². The largest absolute Gasteiger partial charge is 0.493 e. The van der Waals surface area contributed by atoms with Crippen LogP contribution < -0.4 is 14.8 Å². The highest BCUT2D eigenvalue weighted by molar-refractivity contribution is 5.92. The summed E-state index contributed by atoms with van der Waals surface area (Å²) in [6.45, 7) is 3.79. The first-order valence-electron chi connectivity index (χ1n) is 10.5. The van der Waals surface area contributed by atoms with Gasteiger partial charge in [0.15, 0.2) is 17.1 Å². The fourth-order valence-electron chi connectivity index (χ4n) is 3.85. The van der Waals surface area contributed by atoms with Crippen molar-refractivity contribution >= 4 is 22.5 Å². The first-order valence-corrected chi connectivity index (χ1v) is 10.5. The summed E-state index contributed by atoms with van der Waals surface area (Å²) in [6.07, 6.45) is 2.30. The van der Waals surface area contributed by atoms with Gasteiger partial charge in [-0.05, 0) is 49.6 Å². The van der Waals surface area contributed by atoms with Crippen LogP contribution in [-0.2, 0) is 11.3 Å². The van der Waals surface area contributed by atoms with Gasteiger partial charge in [-0.25, -0.2) is 9.97 Å².